The van der Waals surface area contributed by atoms with Gasteiger partial charge in [0.1, 0.15) is 5.82 Å². The van der Waals surface area contributed by atoms with E-state index in [-0.39, 0.29) is 24.2 Å². The van der Waals surface area contributed by atoms with Crippen molar-refractivity contribution in [3.8, 4) is 0 Å². The lowest BCUT2D eigenvalue weighted by Gasteiger charge is -2.30. The molecule has 0 saturated carbocycles. The second-order valence-corrected chi connectivity index (χ2v) is 6.10. The first-order chi connectivity index (χ1) is 11.6. The third-order valence-corrected chi connectivity index (χ3v) is 4.09. The van der Waals surface area contributed by atoms with E-state index in [1.54, 1.807) is 12.1 Å². The number of nitrogens with one attached hydrogen (secondary N) is 1. The fourth-order valence-corrected chi connectivity index (χ4v) is 2.79. The first-order valence-electron chi connectivity index (χ1n) is 8.04. The highest BCUT2D eigenvalue weighted by molar-refractivity contribution is 5.92. The van der Waals surface area contributed by atoms with Gasteiger partial charge in [-0.15, -0.1) is 0 Å². The molecule has 0 spiro atoms. The monoisotopic (exact) mass is 328 g/mol. The van der Waals surface area contributed by atoms with Crippen molar-refractivity contribution in [3.05, 3.63) is 65.5 Å². The Bertz CT molecular complexity index is 703. The van der Waals surface area contributed by atoms with Gasteiger partial charge in [0.15, 0.2) is 0 Å². The molecule has 2 aromatic carbocycles. The zero-order valence-electron chi connectivity index (χ0n) is 13.7. The zero-order chi connectivity index (χ0) is 16.9. The van der Waals surface area contributed by atoms with Crippen LogP contribution in [0.25, 0.3) is 0 Å². The number of benzene rings is 2. The van der Waals surface area contributed by atoms with Crippen LogP contribution in [0.15, 0.2) is 48.5 Å². The molecule has 0 aromatic heterocycles. The maximum Gasteiger partial charge on any atom is 0.228 e. The highest BCUT2D eigenvalue weighted by Gasteiger charge is 2.19. The maximum atomic E-state index is 12.9. The summed E-state index contributed by atoms with van der Waals surface area (Å²) >= 11 is 0. The van der Waals surface area contributed by atoms with Crippen molar-refractivity contribution in [2.24, 2.45) is 0 Å². The van der Waals surface area contributed by atoms with Crippen LogP contribution in [0.4, 0.5) is 10.1 Å². The summed E-state index contributed by atoms with van der Waals surface area (Å²) in [5.74, 6) is -0.426. The second kappa shape index (κ2) is 7.55. The lowest BCUT2D eigenvalue weighted by atomic mass is 10.1. The molecule has 1 aliphatic heterocycles. The molecule has 1 heterocycles. The Hall–Kier alpha value is -2.24. The van der Waals surface area contributed by atoms with Gasteiger partial charge in [-0.3, -0.25) is 4.79 Å². The Balaban J connectivity index is 1.63. The minimum atomic E-state index is -0.302. The quantitative estimate of drug-likeness (QED) is 0.938. The number of ether oxygens (including phenoxy) is 1. The summed E-state index contributed by atoms with van der Waals surface area (Å²) in [6.07, 6.45) is 0.241. The van der Waals surface area contributed by atoms with Crippen molar-refractivity contribution < 1.29 is 13.9 Å². The van der Waals surface area contributed by atoms with E-state index in [0.717, 1.165) is 29.9 Å². The molecule has 0 aliphatic carbocycles. The normalized spacial score (nSPS) is 18.3. The van der Waals surface area contributed by atoms with Crippen molar-refractivity contribution in [3.63, 3.8) is 0 Å². The lowest BCUT2D eigenvalue weighted by Crippen LogP contribution is -2.35. The van der Waals surface area contributed by atoms with Gasteiger partial charge < -0.3 is 15.0 Å². The number of hydrogen-bond donors (Lipinski definition) is 1. The molecule has 1 atom stereocenters. The van der Waals surface area contributed by atoms with E-state index in [9.17, 15) is 9.18 Å². The summed E-state index contributed by atoms with van der Waals surface area (Å²) in [6, 6.07) is 13.7. The summed E-state index contributed by atoms with van der Waals surface area (Å²) in [7, 11) is 2.07. The van der Waals surface area contributed by atoms with Crippen LogP contribution in [-0.4, -0.2) is 37.6 Å². The molecular weight excluding hydrogens is 307 g/mol. The number of carbonyl (C=O) groups is 1. The van der Waals surface area contributed by atoms with Crippen LogP contribution in [0.3, 0.4) is 0 Å². The van der Waals surface area contributed by atoms with E-state index in [1.807, 2.05) is 24.3 Å². The van der Waals surface area contributed by atoms with Crippen LogP contribution in [-0.2, 0) is 16.0 Å². The average Bonchev–Trinajstić information content (AvgIpc) is 2.57. The van der Waals surface area contributed by atoms with Gasteiger partial charge in [0, 0.05) is 18.8 Å². The molecule has 1 aliphatic rings. The minimum absolute atomic E-state index is 0.0256. The second-order valence-electron chi connectivity index (χ2n) is 6.10. The highest BCUT2D eigenvalue weighted by Crippen LogP contribution is 2.24. The number of hydrogen-bond acceptors (Lipinski definition) is 3. The van der Waals surface area contributed by atoms with Crippen molar-refractivity contribution in [1.82, 2.24) is 4.90 Å². The van der Waals surface area contributed by atoms with Gasteiger partial charge in [0.05, 0.1) is 19.1 Å². The summed E-state index contributed by atoms with van der Waals surface area (Å²) in [6.45, 7) is 2.49. The molecule has 1 unspecified atom stereocenters. The van der Waals surface area contributed by atoms with Crippen molar-refractivity contribution in [2.45, 2.75) is 12.5 Å². The Labute approximate surface area is 141 Å². The predicted octanol–water partition coefficient (Wildman–Crippen LogP) is 3.01. The van der Waals surface area contributed by atoms with E-state index in [2.05, 4.69) is 17.3 Å². The predicted molar refractivity (Wildman–Crippen MR) is 91.4 cm³/mol. The number of anilines is 1. The van der Waals surface area contributed by atoms with Crippen LogP contribution in [0.2, 0.25) is 0 Å². The fourth-order valence-electron chi connectivity index (χ4n) is 2.79. The smallest absolute Gasteiger partial charge is 0.228 e. The van der Waals surface area contributed by atoms with E-state index >= 15 is 0 Å². The number of amides is 1. The Kier molecular flexibility index (Phi) is 5.23. The topological polar surface area (TPSA) is 41.6 Å². The Morgan fingerprint density at radius 2 is 2.08 bits per heavy atom. The Morgan fingerprint density at radius 3 is 2.83 bits per heavy atom. The molecule has 4 nitrogen and oxygen atoms in total. The summed E-state index contributed by atoms with van der Waals surface area (Å²) in [4.78, 5) is 14.4. The van der Waals surface area contributed by atoms with Gasteiger partial charge in [-0.2, -0.15) is 0 Å². The SMILES string of the molecule is CN1CCOC(c2cccc(NC(=O)Cc3ccc(F)cc3)c2)C1. The third kappa shape index (κ3) is 4.40. The molecule has 1 saturated heterocycles. The van der Waals surface area contributed by atoms with Gasteiger partial charge in [0.25, 0.3) is 0 Å². The van der Waals surface area contributed by atoms with Gasteiger partial charge in [-0.1, -0.05) is 24.3 Å². The number of rotatable bonds is 4. The number of likely N-dealkylation sites (N-methyl/N-ethyl adjacent to an activating group) is 1. The molecule has 2 aromatic rings. The molecule has 1 fully saturated rings. The summed E-state index contributed by atoms with van der Waals surface area (Å²) < 4.78 is 18.7. The molecule has 0 radical (unpaired) electrons. The molecule has 24 heavy (non-hydrogen) atoms. The first kappa shape index (κ1) is 16.6. The fraction of sp³-hybridized carbons (Fsp3) is 0.316. The van der Waals surface area contributed by atoms with E-state index < -0.39 is 0 Å². The molecular formula is C19H21FN2O2. The molecule has 126 valence electrons. The van der Waals surface area contributed by atoms with Crippen LogP contribution in [0, 0.1) is 5.82 Å². The highest BCUT2D eigenvalue weighted by atomic mass is 19.1. The van der Waals surface area contributed by atoms with Gasteiger partial charge >= 0.3 is 0 Å². The summed E-state index contributed by atoms with van der Waals surface area (Å²) in [5.41, 5.74) is 2.58. The van der Waals surface area contributed by atoms with E-state index in [1.165, 1.54) is 12.1 Å². The number of morpholine rings is 1. The minimum Gasteiger partial charge on any atom is -0.371 e. The maximum absolute atomic E-state index is 12.9. The van der Waals surface area contributed by atoms with Crippen LogP contribution in [0.1, 0.15) is 17.2 Å². The number of nitrogens with zero attached hydrogens (tertiary/aromatic N) is 1. The molecule has 1 N–H and O–H groups in total. The Morgan fingerprint density at radius 1 is 1.29 bits per heavy atom. The van der Waals surface area contributed by atoms with Crippen LogP contribution >= 0.6 is 0 Å². The molecule has 0 bridgehead atoms. The van der Waals surface area contributed by atoms with Gasteiger partial charge in [0.2, 0.25) is 5.91 Å². The van der Waals surface area contributed by atoms with Gasteiger partial charge in [-0.05, 0) is 42.4 Å². The van der Waals surface area contributed by atoms with Crippen LogP contribution in [0.5, 0.6) is 0 Å². The largest absolute Gasteiger partial charge is 0.371 e. The standard InChI is InChI=1S/C19H21FN2O2/c1-22-9-10-24-18(13-22)15-3-2-4-17(12-15)21-19(23)11-14-5-7-16(20)8-6-14/h2-8,12,18H,9-11,13H2,1H3,(H,21,23). The number of halogens is 1. The van der Waals surface area contributed by atoms with Crippen molar-refractivity contribution in [2.75, 3.05) is 32.1 Å². The average molecular weight is 328 g/mol. The third-order valence-electron chi connectivity index (χ3n) is 4.09. The summed E-state index contributed by atoms with van der Waals surface area (Å²) in [5, 5.41) is 2.89. The molecule has 3 rings (SSSR count). The molecule has 5 heteroatoms. The van der Waals surface area contributed by atoms with Crippen LogP contribution < -0.4 is 5.32 Å². The van der Waals surface area contributed by atoms with Gasteiger partial charge in [-0.25, -0.2) is 4.39 Å². The number of carbonyl (C=O) groups excluding carboxylic acids is 1. The van der Waals surface area contributed by atoms with Crippen molar-refractivity contribution in [1.29, 1.82) is 0 Å². The van der Waals surface area contributed by atoms with E-state index in [4.69, 9.17) is 4.74 Å². The lowest BCUT2D eigenvalue weighted by molar-refractivity contribution is -0.115. The zero-order valence-corrected chi connectivity index (χ0v) is 13.7. The molecule has 1 amide bonds. The van der Waals surface area contributed by atoms with Crippen molar-refractivity contribution >= 4 is 11.6 Å². The first-order valence-corrected chi connectivity index (χ1v) is 8.04. The van der Waals surface area contributed by atoms with E-state index in [0.29, 0.717) is 6.61 Å².